The van der Waals surface area contributed by atoms with Crippen molar-refractivity contribution in [1.29, 1.82) is 0 Å². The van der Waals surface area contributed by atoms with Crippen LogP contribution in [0.4, 0.5) is 0 Å². The summed E-state index contributed by atoms with van der Waals surface area (Å²) >= 11 is 0. The first kappa shape index (κ1) is 54.7. The van der Waals surface area contributed by atoms with Crippen molar-refractivity contribution in [2.24, 2.45) is 5.92 Å². The second kappa shape index (κ2) is 37.6. The molecule has 0 bridgehead atoms. The van der Waals surface area contributed by atoms with Crippen LogP contribution in [0.1, 0.15) is 80.1 Å². The average molecular weight is 763 g/mol. The van der Waals surface area contributed by atoms with E-state index in [2.05, 4.69) is 19.2 Å². The molecule has 2 radical (unpaired) electrons. The van der Waals surface area contributed by atoms with E-state index in [1.807, 2.05) is 23.6 Å². The van der Waals surface area contributed by atoms with E-state index in [4.69, 9.17) is 31.9 Å². The number of nitrogens with one attached hydrogen (secondary N) is 1. The predicted octanol–water partition coefficient (Wildman–Crippen LogP) is 1.51. The average Bonchev–Trinajstić information content (AvgIpc) is 3.10. The van der Waals surface area contributed by atoms with Gasteiger partial charge in [0.15, 0.2) is 7.85 Å². The van der Waals surface area contributed by atoms with Crippen LogP contribution in [-0.2, 0) is 42.9 Å². The number of amides is 1. The fourth-order valence-electron chi connectivity index (χ4n) is 4.71. The second-order valence-electron chi connectivity index (χ2n) is 12.4. The number of hydrogen-bond donors (Lipinski definition) is 4. The summed E-state index contributed by atoms with van der Waals surface area (Å²) in [5.41, 5.74) is -0.418. The minimum absolute atomic E-state index is 0. The van der Waals surface area contributed by atoms with Crippen LogP contribution in [0.25, 0.3) is 0 Å². The Morgan fingerprint density at radius 2 is 1.23 bits per heavy atom. The van der Waals surface area contributed by atoms with Gasteiger partial charge in [-0.25, -0.2) is 0 Å². The van der Waals surface area contributed by atoms with Crippen LogP contribution in [0, 0.1) is 5.92 Å². The molecule has 17 heteroatoms. The zero-order valence-electron chi connectivity index (χ0n) is 32.4. The number of hydrogen-bond acceptors (Lipinski definition) is 13. The summed E-state index contributed by atoms with van der Waals surface area (Å²) < 4.78 is 21.1. The summed E-state index contributed by atoms with van der Waals surface area (Å²) in [5.74, 6) is -2.19. The molecule has 0 aliphatic carbocycles. The summed E-state index contributed by atoms with van der Waals surface area (Å²) in [6.45, 7) is 12.9. The molecule has 16 nitrogen and oxygen atoms in total. The lowest BCUT2D eigenvalue weighted by Gasteiger charge is -2.32. The molecule has 0 aromatic carbocycles. The Balaban J connectivity index is -0.00000473. The number of carbonyl (C=O) groups excluding carboxylic acids is 3. The highest BCUT2D eigenvalue weighted by molar-refractivity contribution is 6.57. The number of rotatable bonds is 34. The Labute approximate surface area is 319 Å². The second-order valence-corrected chi connectivity index (χ2v) is 12.4. The number of aliphatic carboxylic acids is 2. The molecule has 0 aromatic heterocycles. The highest BCUT2D eigenvalue weighted by Crippen LogP contribution is 2.12. The maximum Gasteiger partial charge on any atom is 0.323 e. The summed E-state index contributed by atoms with van der Waals surface area (Å²) in [5, 5.41) is 29.6. The molecule has 0 aromatic rings. The van der Waals surface area contributed by atoms with Gasteiger partial charge >= 0.3 is 17.9 Å². The standard InChI is InChI=1S/C32H59BN4O11.C3H8O.CH4/c1-5-12-37(17-16-36(25-31(42)43)15-14-35(24-30(40)41)13-9-26(3)6-2)27(32(44)45-4)7-8-29(39)34-11-19-47-21-23-48-22-20-46-18-10-28(33)38;1-2-3-4;/h26-27H,5-25H2,1-4H3,(H,34,39)(H,40,41)(H,42,43);4H,2-3H2,1H3;1H4/t26-,27?;;/m1../s1. The smallest absolute Gasteiger partial charge is 0.323 e. The summed E-state index contributed by atoms with van der Waals surface area (Å²) in [6.07, 6.45) is 3.91. The van der Waals surface area contributed by atoms with Crippen LogP contribution in [0.2, 0.25) is 0 Å². The van der Waals surface area contributed by atoms with E-state index in [9.17, 15) is 34.2 Å². The number of methoxy groups -OCH3 is 1. The van der Waals surface area contributed by atoms with Crippen molar-refractivity contribution in [1.82, 2.24) is 20.0 Å². The molecular formula is C36H71BN4O12. The minimum Gasteiger partial charge on any atom is -0.480 e. The molecule has 0 heterocycles. The fraction of sp³-hybridized carbons (Fsp3) is 0.861. The molecular weight excluding hydrogens is 691 g/mol. The van der Waals surface area contributed by atoms with E-state index in [-0.39, 0.29) is 65.4 Å². The third kappa shape index (κ3) is 34.8. The highest BCUT2D eigenvalue weighted by Gasteiger charge is 2.28. The molecule has 0 spiro atoms. The Bertz CT molecular complexity index is 948. The van der Waals surface area contributed by atoms with E-state index in [0.717, 1.165) is 25.7 Å². The maximum absolute atomic E-state index is 12.8. The first-order valence-electron chi connectivity index (χ1n) is 18.4. The number of nitrogens with zero attached hydrogens (tertiary/aromatic N) is 3. The van der Waals surface area contributed by atoms with Crippen LogP contribution < -0.4 is 5.32 Å². The molecule has 0 saturated heterocycles. The SMILES string of the molecule is C.CCCO.[B]C(=O)CCOCCOCCOCCNC(=O)CCC(C(=O)OC)N(CCC)CCN(CCN(CC[C@H](C)CC)CC(=O)O)CC(=O)O. The van der Waals surface area contributed by atoms with E-state index in [1.165, 1.54) is 7.11 Å². The molecule has 1 amide bonds. The van der Waals surface area contributed by atoms with E-state index in [0.29, 0.717) is 78.2 Å². The monoisotopic (exact) mass is 763 g/mol. The van der Waals surface area contributed by atoms with Crippen molar-refractivity contribution in [3.8, 4) is 0 Å². The van der Waals surface area contributed by atoms with Gasteiger partial charge in [-0.3, -0.25) is 33.9 Å². The van der Waals surface area contributed by atoms with Gasteiger partial charge in [-0.2, -0.15) is 0 Å². The molecule has 0 saturated carbocycles. The summed E-state index contributed by atoms with van der Waals surface area (Å²) in [4.78, 5) is 64.5. The van der Waals surface area contributed by atoms with E-state index in [1.54, 1.807) is 4.90 Å². The minimum atomic E-state index is -0.998. The van der Waals surface area contributed by atoms with E-state index >= 15 is 0 Å². The number of aliphatic hydroxyl groups is 1. The largest absolute Gasteiger partial charge is 0.480 e. The van der Waals surface area contributed by atoms with Crippen LogP contribution in [0.5, 0.6) is 0 Å². The van der Waals surface area contributed by atoms with Crippen LogP contribution in [0.3, 0.4) is 0 Å². The lowest BCUT2D eigenvalue weighted by atomic mass is 10.0. The van der Waals surface area contributed by atoms with Gasteiger partial charge in [-0.1, -0.05) is 41.5 Å². The summed E-state index contributed by atoms with van der Waals surface area (Å²) in [6, 6.07) is -0.695. The van der Waals surface area contributed by atoms with Gasteiger partial charge in [0, 0.05) is 52.2 Å². The fourth-order valence-corrected chi connectivity index (χ4v) is 4.71. The van der Waals surface area contributed by atoms with Crippen LogP contribution in [0.15, 0.2) is 0 Å². The zero-order valence-corrected chi connectivity index (χ0v) is 32.4. The van der Waals surface area contributed by atoms with Crippen LogP contribution in [-0.4, -0.2) is 186 Å². The zero-order chi connectivity index (χ0) is 39.6. The van der Waals surface area contributed by atoms with Crippen molar-refractivity contribution >= 4 is 37.3 Å². The number of carbonyl (C=O) groups is 5. The Morgan fingerprint density at radius 1 is 0.717 bits per heavy atom. The van der Waals surface area contributed by atoms with Crippen molar-refractivity contribution in [2.45, 2.75) is 86.1 Å². The van der Waals surface area contributed by atoms with Gasteiger partial charge in [0.25, 0.3) is 0 Å². The Morgan fingerprint density at radius 3 is 1.70 bits per heavy atom. The third-order valence-corrected chi connectivity index (χ3v) is 7.89. The van der Waals surface area contributed by atoms with Crippen molar-refractivity contribution in [3.05, 3.63) is 0 Å². The molecule has 53 heavy (non-hydrogen) atoms. The number of aliphatic hydroxyl groups excluding tert-OH is 1. The quantitative estimate of drug-likeness (QED) is 0.0417. The first-order valence-corrected chi connectivity index (χ1v) is 18.4. The van der Waals surface area contributed by atoms with Crippen LogP contribution >= 0.6 is 0 Å². The summed E-state index contributed by atoms with van der Waals surface area (Å²) in [7, 11) is 6.33. The number of esters is 1. The Kier molecular flexibility index (Phi) is 38.8. The normalized spacial score (nSPS) is 12.1. The van der Waals surface area contributed by atoms with Gasteiger partial charge in [0.05, 0.1) is 65.5 Å². The van der Waals surface area contributed by atoms with Crippen molar-refractivity contribution in [3.63, 3.8) is 0 Å². The Hall–Kier alpha value is -2.67. The molecule has 0 aliphatic rings. The number of ether oxygens (including phenoxy) is 4. The van der Waals surface area contributed by atoms with Crippen molar-refractivity contribution in [2.75, 3.05) is 112 Å². The molecule has 4 N–H and O–H groups in total. The lowest BCUT2D eigenvalue weighted by Crippen LogP contribution is -2.48. The van der Waals surface area contributed by atoms with Gasteiger partial charge in [0.1, 0.15) is 6.04 Å². The molecule has 310 valence electrons. The first-order chi connectivity index (χ1) is 24.8. The number of carboxylic acids is 2. The predicted molar refractivity (Wildman–Crippen MR) is 204 cm³/mol. The molecule has 0 fully saturated rings. The van der Waals surface area contributed by atoms with Gasteiger partial charge in [0.2, 0.25) is 5.91 Å². The van der Waals surface area contributed by atoms with E-state index < -0.39 is 29.6 Å². The van der Waals surface area contributed by atoms with Gasteiger partial charge in [-0.05, 0) is 44.7 Å². The maximum atomic E-state index is 12.8. The third-order valence-electron chi connectivity index (χ3n) is 7.89. The highest BCUT2D eigenvalue weighted by atomic mass is 16.5. The molecule has 0 aliphatic heterocycles. The van der Waals surface area contributed by atoms with Crippen molar-refractivity contribution < 1.29 is 58.2 Å². The van der Waals surface area contributed by atoms with Gasteiger partial charge < -0.3 is 44.4 Å². The molecule has 1 unspecified atom stereocenters. The number of carboxylic acid groups (broad SMARTS) is 2. The topological polar surface area (TPSA) is 205 Å². The molecule has 0 rings (SSSR count). The van der Waals surface area contributed by atoms with Gasteiger partial charge in [-0.15, -0.1) is 0 Å². The lowest BCUT2D eigenvalue weighted by molar-refractivity contribution is -0.148. The molecule has 2 atom stereocenters.